The molecule has 128 valence electrons. The minimum atomic E-state index is 0.225. The van der Waals surface area contributed by atoms with Gasteiger partial charge in [0.25, 0.3) is 0 Å². The van der Waals surface area contributed by atoms with Crippen LogP contribution in [-0.4, -0.2) is 12.5 Å². The number of hydrogen-bond donors (Lipinski definition) is 1. The molecule has 3 nitrogen and oxygen atoms in total. The smallest absolute Gasteiger partial charge is 0.219 e. The quantitative estimate of drug-likeness (QED) is 0.610. The first-order chi connectivity index (χ1) is 11.7. The van der Waals surface area contributed by atoms with Crippen molar-refractivity contribution in [2.24, 2.45) is 0 Å². The molecule has 0 unspecified atom stereocenters. The predicted octanol–water partition coefficient (Wildman–Crippen LogP) is 5.06. The Balaban J connectivity index is 0. The Morgan fingerprint density at radius 1 is 1.00 bits per heavy atom. The summed E-state index contributed by atoms with van der Waals surface area (Å²) in [6.07, 6.45) is 10.5. The standard InChI is InChI=1S/C8H8.C6H11NO.C4H6.C3H3N/c1-2-8-6-4-3-5-7-8;8-6-4-2-1-3-5-7-6;1-3-4-2;1-2-3-4/h2-7H,1H2;1-5H2,(H,7,8);3-4H,1-2H2;2H,1H2. The maximum atomic E-state index is 10.6. The van der Waals surface area contributed by atoms with Crippen LogP contribution in [-0.2, 0) is 4.79 Å². The van der Waals surface area contributed by atoms with Gasteiger partial charge in [-0.15, -0.1) is 0 Å². The van der Waals surface area contributed by atoms with Crippen LogP contribution in [0.1, 0.15) is 31.2 Å². The first-order valence-electron chi connectivity index (χ1n) is 7.84. The summed E-state index contributed by atoms with van der Waals surface area (Å²) in [5, 5.41) is 10.3. The molecule has 0 bridgehead atoms. The lowest BCUT2D eigenvalue weighted by Crippen LogP contribution is -2.21. The molecule has 1 aliphatic rings. The van der Waals surface area contributed by atoms with Gasteiger partial charge in [0.15, 0.2) is 0 Å². The molecule has 1 heterocycles. The molecule has 0 saturated carbocycles. The number of rotatable bonds is 2. The maximum Gasteiger partial charge on any atom is 0.219 e. The molecule has 3 heteroatoms. The number of nitriles is 1. The summed E-state index contributed by atoms with van der Waals surface area (Å²) in [7, 11) is 0. The molecule has 0 atom stereocenters. The zero-order chi connectivity index (χ0) is 18.5. The van der Waals surface area contributed by atoms with Crippen LogP contribution in [0.5, 0.6) is 0 Å². The molecule has 1 amide bonds. The van der Waals surface area contributed by atoms with E-state index in [1.54, 1.807) is 18.2 Å². The lowest BCUT2D eigenvalue weighted by molar-refractivity contribution is -0.120. The van der Waals surface area contributed by atoms with Crippen molar-refractivity contribution in [2.45, 2.75) is 25.7 Å². The largest absolute Gasteiger partial charge is 0.356 e. The number of benzene rings is 1. The van der Waals surface area contributed by atoms with Crippen molar-refractivity contribution in [1.82, 2.24) is 5.32 Å². The zero-order valence-corrected chi connectivity index (χ0v) is 14.4. The number of carbonyl (C=O) groups excluding carboxylic acids is 1. The number of carbonyl (C=O) groups is 1. The van der Waals surface area contributed by atoms with E-state index in [-0.39, 0.29) is 5.91 Å². The van der Waals surface area contributed by atoms with Crippen LogP contribution in [0.2, 0.25) is 0 Å². The third-order valence-corrected chi connectivity index (χ3v) is 2.70. The molecule has 2 rings (SSSR count). The van der Waals surface area contributed by atoms with Gasteiger partial charge in [0.1, 0.15) is 0 Å². The second-order valence-corrected chi connectivity index (χ2v) is 4.58. The van der Waals surface area contributed by atoms with E-state index in [9.17, 15) is 4.79 Å². The second kappa shape index (κ2) is 20.1. The summed E-state index contributed by atoms with van der Waals surface area (Å²) in [5.74, 6) is 0.225. The lowest BCUT2D eigenvalue weighted by Gasteiger charge is -1.93. The fourth-order valence-electron chi connectivity index (χ4n) is 1.49. The molecule has 0 aliphatic carbocycles. The summed E-state index contributed by atoms with van der Waals surface area (Å²) in [5.41, 5.74) is 1.17. The van der Waals surface area contributed by atoms with Gasteiger partial charge in [0, 0.05) is 19.0 Å². The van der Waals surface area contributed by atoms with E-state index in [4.69, 9.17) is 5.26 Å². The number of allylic oxidation sites excluding steroid dienone is 3. The molecular weight excluding hydrogens is 296 g/mol. The van der Waals surface area contributed by atoms with Crippen molar-refractivity contribution in [1.29, 1.82) is 5.26 Å². The summed E-state index contributed by atoms with van der Waals surface area (Å²) in [6, 6.07) is 11.7. The molecule has 1 aliphatic heterocycles. The van der Waals surface area contributed by atoms with Crippen LogP contribution in [0.25, 0.3) is 6.08 Å². The van der Waals surface area contributed by atoms with Gasteiger partial charge in [0.2, 0.25) is 5.91 Å². The van der Waals surface area contributed by atoms with Crippen molar-refractivity contribution in [2.75, 3.05) is 6.54 Å². The third kappa shape index (κ3) is 19.1. The van der Waals surface area contributed by atoms with Gasteiger partial charge in [-0.1, -0.05) is 81.3 Å². The monoisotopic (exact) mass is 324 g/mol. The fourth-order valence-corrected chi connectivity index (χ4v) is 1.49. The Morgan fingerprint density at radius 3 is 2.00 bits per heavy atom. The fraction of sp³-hybridized carbons (Fsp3) is 0.238. The number of amides is 1. The lowest BCUT2D eigenvalue weighted by atomic mass is 10.2. The van der Waals surface area contributed by atoms with E-state index in [0.717, 1.165) is 25.8 Å². The van der Waals surface area contributed by atoms with Crippen LogP contribution in [0, 0.1) is 11.3 Å². The van der Waals surface area contributed by atoms with E-state index in [0.29, 0.717) is 0 Å². The van der Waals surface area contributed by atoms with Gasteiger partial charge in [-0.2, -0.15) is 5.26 Å². The van der Waals surface area contributed by atoms with Crippen molar-refractivity contribution in [3.63, 3.8) is 0 Å². The molecule has 1 N–H and O–H groups in total. The normalized spacial score (nSPS) is 11.5. The van der Waals surface area contributed by atoms with E-state index in [2.05, 4.69) is 31.6 Å². The number of nitrogens with one attached hydrogen (secondary N) is 1. The number of nitrogens with zero attached hydrogens (tertiary/aromatic N) is 1. The van der Waals surface area contributed by atoms with Gasteiger partial charge in [-0.05, 0) is 18.4 Å². The summed E-state index contributed by atoms with van der Waals surface area (Å²) >= 11 is 0. The summed E-state index contributed by atoms with van der Waals surface area (Å²) in [6.45, 7) is 14.4. The number of hydrogen-bond acceptors (Lipinski definition) is 2. The van der Waals surface area contributed by atoms with E-state index in [1.165, 1.54) is 18.1 Å². The van der Waals surface area contributed by atoms with Crippen LogP contribution < -0.4 is 5.32 Å². The molecule has 0 radical (unpaired) electrons. The molecule has 1 aromatic rings. The average Bonchev–Trinajstić information content (AvgIpc) is 2.90. The van der Waals surface area contributed by atoms with Gasteiger partial charge in [-0.3, -0.25) is 4.79 Å². The highest BCUT2D eigenvalue weighted by molar-refractivity contribution is 5.75. The van der Waals surface area contributed by atoms with Crippen LogP contribution in [0.3, 0.4) is 0 Å². The van der Waals surface area contributed by atoms with Gasteiger partial charge in [-0.25, -0.2) is 0 Å². The van der Waals surface area contributed by atoms with Crippen molar-refractivity contribution in [3.05, 3.63) is 80.4 Å². The Morgan fingerprint density at radius 2 is 1.58 bits per heavy atom. The first-order valence-corrected chi connectivity index (χ1v) is 7.84. The molecule has 0 spiro atoms. The topological polar surface area (TPSA) is 52.9 Å². The highest BCUT2D eigenvalue weighted by Crippen LogP contribution is 2.02. The van der Waals surface area contributed by atoms with E-state index in [1.807, 2.05) is 36.4 Å². The molecule has 1 fully saturated rings. The Hall–Kier alpha value is -2.86. The van der Waals surface area contributed by atoms with Crippen LogP contribution in [0.15, 0.2) is 74.9 Å². The molecule has 1 aromatic carbocycles. The SMILES string of the molecule is C=CC#N.C=CC=C.C=Cc1ccccc1.O=C1CCCCCN1. The average molecular weight is 324 g/mol. The van der Waals surface area contributed by atoms with Crippen molar-refractivity contribution in [3.8, 4) is 6.07 Å². The highest BCUT2D eigenvalue weighted by atomic mass is 16.1. The zero-order valence-electron chi connectivity index (χ0n) is 14.4. The maximum absolute atomic E-state index is 10.6. The molecule has 1 saturated heterocycles. The van der Waals surface area contributed by atoms with Gasteiger partial charge >= 0.3 is 0 Å². The van der Waals surface area contributed by atoms with Crippen LogP contribution >= 0.6 is 0 Å². The highest BCUT2D eigenvalue weighted by Gasteiger charge is 2.03. The van der Waals surface area contributed by atoms with Gasteiger partial charge < -0.3 is 5.32 Å². The predicted molar refractivity (Wildman–Crippen MR) is 104 cm³/mol. The Kier molecular flexibility index (Phi) is 19.6. The first kappa shape index (κ1) is 23.4. The third-order valence-electron chi connectivity index (χ3n) is 2.70. The van der Waals surface area contributed by atoms with E-state index < -0.39 is 0 Å². The molecule has 0 aromatic heterocycles. The van der Waals surface area contributed by atoms with Crippen molar-refractivity contribution < 1.29 is 4.79 Å². The second-order valence-electron chi connectivity index (χ2n) is 4.58. The van der Waals surface area contributed by atoms with Crippen molar-refractivity contribution >= 4 is 12.0 Å². The van der Waals surface area contributed by atoms with Gasteiger partial charge in [0.05, 0.1) is 6.07 Å². The van der Waals surface area contributed by atoms with E-state index >= 15 is 0 Å². The molecule has 24 heavy (non-hydrogen) atoms. The Labute approximate surface area is 146 Å². The summed E-state index contributed by atoms with van der Waals surface area (Å²) < 4.78 is 0. The summed E-state index contributed by atoms with van der Waals surface area (Å²) in [4.78, 5) is 10.6. The van der Waals surface area contributed by atoms with Crippen LogP contribution in [0.4, 0.5) is 0 Å². The molecular formula is C21H28N2O. The minimum Gasteiger partial charge on any atom is -0.356 e. The Bertz CT molecular complexity index is 496. The minimum absolute atomic E-state index is 0.225.